The van der Waals surface area contributed by atoms with Crippen molar-refractivity contribution in [3.8, 4) is 5.75 Å². The van der Waals surface area contributed by atoms with Gasteiger partial charge in [0.15, 0.2) is 0 Å². The second-order valence-electron chi connectivity index (χ2n) is 5.40. The minimum Gasteiger partial charge on any atom is -0.497 e. The summed E-state index contributed by atoms with van der Waals surface area (Å²) in [6.07, 6.45) is -0.445. The normalized spacial score (nSPS) is 17.8. The fourth-order valence-corrected chi connectivity index (χ4v) is 1.69. The van der Waals surface area contributed by atoms with Crippen LogP contribution in [0.4, 0.5) is 10.5 Å². The number of carbonyl (C=O) groups excluding carboxylic acids is 1. The molecule has 1 N–H and O–H groups in total. The summed E-state index contributed by atoms with van der Waals surface area (Å²) in [7, 11) is 1.60. The van der Waals surface area contributed by atoms with Crippen molar-refractivity contribution in [3.63, 3.8) is 0 Å². The van der Waals surface area contributed by atoms with Crippen molar-refractivity contribution in [2.75, 3.05) is 19.0 Å². The first-order valence-corrected chi connectivity index (χ1v) is 6.18. The number of nitrogens with one attached hydrogen (secondary N) is 1. The molecule has 1 fully saturated rings. The number of epoxide rings is 1. The summed E-state index contributed by atoms with van der Waals surface area (Å²) in [5.74, 6) is 0.736. The number of ether oxygens (including phenoxy) is 3. The Hall–Kier alpha value is -1.75. The third kappa shape index (κ3) is 3.86. The summed E-state index contributed by atoms with van der Waals surface area (Å²) in [5.41, 5.74) is 1.08. The van der Waals surface area contributed by atoms with Gasteiger partial charge in [-0.1, -0.05) is 0 Å². The minimum absolute atomic E-state index is 0.0278. The molecule has 2 rings (SSSR count). The summed E-state index contributed by atoms with van der Waals surface area (Å²) in [6.45, 7) is 6.14. The van der Waals surface area contributed by atoms with E-state index in [0.29, 0.717) is 12.3 Å². The van der Waals surface area contributed by atoms with Crippen molar-refractivity contribution in [3.05, 3.63) is 23.8 Å². The molecule has 1 aliphatic rings. The average Bonchev–Trinajstić information content (AvgIpc) is 3.10. The van der Waals surface area contributed by atoms with Gasteiger partial charge in [0.05, 0.1) is 19.4 Å². The number of methoxy groups -OCH3 is 1. The topological polar surface area (TPSA) is 60.1 Å². The van der Waals surface area contributed by atoms with Crippen LogP contribution in [0, 0.1) is 0 Å². The first-order valence-electron chi connectivity index (χ1n) is 6.18. The van der Waals surface area contributed by atoms with Gasteiger partial charge < -0.3 is 14.2 Å². The van der Waals surface area contributed by atoms with E-state index in [2.05, 4.69) is 5.32 Å². The molecule has 1 amide bonds. The van der Waals surface area contributed by atoms with Gasteiger partial charge in [0.25, 0.3) is 0 Å². The van der Waals surface area contributed by atoms with Crippen LogP contribution in [-0.2, 0) is 9.47 Å². The lowest BCUT2D eigenvalue weighted by Crippen LogP contribution is -2.27. The fraction of sp³-hybridized carbons (Fsp3) is 0.500. The largest absolute Gasteiger partial charge is 0.497 e. The zero-order chi connectivity index (χ0) is 14.0. The van der Waals surface area contributed by atoms with E-state index < -0.39 is 11.7 Å². The maximum absolute atomic E-state index is 11.8. The Labute approximate surface area is 112 Å². The molecule has 5 heteroatoms. The smallest absolute Gasteiger partial charge is 0.412 e. The van der Waals surface area contributed by atoms with Crippen molar-refractivity contribution in [1.29, 1.82) is 0 Å². The summed E-state index contributed by atoms with van der Waals surface area (Å²) >= 11 is 0. The van der Waals surface area contributed by atoms with Crippen LogP contribution < -0.4 is 10.1 Å². The zero-order valence-corrected chi connectivity index (χ0v) is 11.6. The number of hydrogen-bond acceptors (Lipinski definition) is 4. The highest BCUT2D eigenvalue weighted by Gasteiger charge is 2.29. The van der Waals surface area contributed by atoms with E-state index in [0.717, 1.165) is 11.3 Å². The molecule has 1 saturated heterocycles. The molecular weight excluding hydrogens is 246 g/mol. The molecule has 0 unspecified atom stereocenters. The second kappa shape index (κ2) is 5.09. The molecule has 1 atom stereocenters. The maximum Gasteiger partial charge on any atom is 0.412 e. The van der Waals surface area contributed by atoms with Crippen molar-refractivity contribution in [2.45, 2.75) is 32.5 Å². The number of benzene rings is 1. The molecular formula is C14H19NO4. The van der Waals surface area contributed by atoms with Crippen molar-refractivity contribution < 1.29 is 19.0 Å². The Bertz CT molecular complexity index is 475. The van der Waals surface area contributed by atoms with Crippen LogP contribution in [0.2, 0.25) is 0 Å². The highest BCUT2D eigenvalue weighted by Crippen LogP contribution is 2.37. The van der Waals surface area contributed by atoms with E-state index >= 15 is 0 Å². The van der Waals surface area contributed by atoms with E-state index in [1.807, 2.05) is 26.8 Å². The highest BCUT2D eigenvalue weighted by molar-refractivity contribution is 5.86. The van der Waals surface area contributed by atoms with Gasteiger partial charge in [-0.05, 0) is 39.0 Å². The third-order valence-corrected chi connectivity index (χ3v) is 2.57. The van der Waals surface area contributed by atoms with Gasteiger partial charge in [-0.2, -0.15) is 0 Å². The third-order valence-electron chi connectivity index (χ3n) is 2.57. The standard InChI is InChI=1S/C14H19NO4/c1-14(2,3)19-13(16)15-11-6-5-9(17-4)7-10(11)12-8-18-12/h5-7,12H,8H2,1-4H3,(H,15,16)/t12-/m0/s1. The molecule has 19 heavy (non-hydrogen) atoms. The molecule has 0 radical (unpaired) electrons. The summed E-state index contributed by atoms with van der Waals surface area (Å²) < 4.78 is 15.7. The maximum atomic E-state index is 11.8. The summed E-state index contributed by atoms with van der Waals surface area (Å²) in [5, 5.41) is 2.74. The lowest BCUT2D eigenvalue weighted by Gasteiger charge is -2.20. The van der Waals surface area contributed by atoms with E-state index in [-0.39, 0.29) is 6.10 Å². The van der Waals surface area contributed by atoms with Gasteiger partial charge in [-0.3, -0.25) is 5.32 Å². The number of rotatable bonds is 3. The zero-order valence-electron chi connectivity index (χ0n) is 11.6. The fourth-order valence-electron chi connectivity index (χ4n) is 1.69. The second-order valence-corrected chi connectivity index (χ2v) is 5.40. The minimum atomic E-state index is -0.521. The molecule has 1 aromatic carbocycles. The molecule has 1 aliphatic heterocycles. The highest BCUT2D eigenvalue weighted by atomic mass is 16.6. The SMILES string of the molecule is COc1ccc(NC(=O)OC(C)(C)C)c([C@@H]2CO2)c1. The Morgan fingerprint density at radius 3 is 2.63 bits per heavy atom. The monoisotopic (exact) mass is 265 g/mol. The van der Waals surface area contributed by atoms with Gasteiger partial charge in [0.2, 0.25) is 0 Å². The Morgan fingerprint density at radius 1 is 1.42 bits per heavy atom. The first kappa shape index (κ1) is 13.7. The Balaban J connectivity index is 2.13. The van der Waals surface area contributed by atoms with E-state index in [9.17, 15) is 4.79 Å². The molecule has 0 bridgehead atoms. The quantitative estimate of drug-likeness (QED) is 0.853. The van der Waals surface area contributed by atoms with Gasteiger partial charge in [0, 0.05) is 5.56 Å². The van der Waals surface area contributed by atoms with E-state index in [1.165, 1.54) is 0 Å². The van der Waals surface area contributed by atoms with Gasteiger partial charge in [0.1, 0.15) is 17.5 Å². The Kier molecular flexibility index (Phi) is 3.66. The van der Waals surface area contributed by atoms with Crippen LogP contribution in [0.1, 0.15) is 32.4 Å². The molecule has 0 saturated carbocycles. The van der Waals surface area contributed by atoms with Crippen LogP contribution in [0.3, 0.4) is 0 Å². The van der Waals surface area contributed by atoms with Gasteiger partial charge >= 0.3 is 6.09 Å². The van der Waals surface area contributed by atoms with Crippen molar-refractivity contribution in [1.82, 2.24) is 0 Å². The predicted molar refractivity (Wildman–Crippen MR) is 71.5 cm³/mol. The Morgan fingerprint density at radius 2 is 2.11 bits per heavy atom. The molecule has 1 heterocycles. The number of anilines is 1. The van der Waals surface area contributed by atoms with Crippen LogP contribution in [0.5, 0.6) is 5.75 Å². The van der Waals surface area contributed by atoms with Crippen molar-refractivity contribution >= 4 is 11.8 Å². The van der Waals surface area contributed by atoms with Crippen molar-refractivity contribution in [2.24, 2.45) is 0 Å². The molecule has 0 aliphatic carbocycles. The lowest BCUT2D eigenvalue weighted by molar-refractivity contribution is 0.0635. The van der Waals surface area contributed by atoms with Crippen LogP contribution in [0.25, 0.3) is 0 Å². The van der Waals surface area contributed by atoms with E-state index in [1.54, 1.807) is 19.2 Å². The number of carbonyl (C=O) groups is 1. The summed E-state index contributed by atoms with van der Waals surface area (Å²) in [6, 6.07) is 5.45. The van der Waals surface area contributed by atoms with E-state index in [4.69, 9.17) is 14.2 Å². The first-order chi connectivity index (χ1) is 8.89. The molecule has 0 spiro atoms. The van der Waals surface area contributed by atoms with Gasteiger partial charge in [-0.15, -0.1) is 0 Å². The molecule has 104 valence electrons. The summed E-state index contributed by atoms with van der Waals surface area (Å²) in [4.78, 5) is 11.8. The number of hydrogen-bond donors (Lipinski definition) is 1. The molecule has 5 nitrogen and oxygen atoms in total. The van der Waals surface area contributed by atoms with Crippen LogP contribution in [-0.4, -0.2) is 25.4 Å². The molecule has 1 aromatic rings. The van der Waals surface area contributed by atoms with Crippen LogP contribution in [0.15, 0.2) is 18.2 Å². The lowest BCUT2D eigenvalue weighted by atomic mass is 10.1. The predicted octanol–water partition coefficient (Wildman–Crippen LogP) is 3.11. The average molecular weight is 265 g/mol. The number of amides is 1. The molecule has 0 aromatic heterocycles. The van der Waals surface area contributed by atoms with Crippen LogP contribution >= 0.6 is 0 Å². The van der Waals surface area contributed by atoms with Gasteiger partial charge in [-0.25, -0.2) is 4.79 Å².